The molecular formula is C17H18FN3O5S. The smallest absolute Gasteiger partial charge is 0.271 e. The van der Waals surface area contributed by atoms with E-state index in [0.29, 0.717) is 11.1 Å². The Morgan fingerprint density at radius 3 is 2.41 bits per heavy atom. The molecule has 2 aromatic carbocycles. The Morgan fingerprint density at radius 1 is 1.22 bits per heavy atom. The van der Waals surface area contributed by atoms with Crippen LogP contribution in [-0.2, 0) is 21.4 Å². The number of anilines is 1. The molecule has 1 N–H and O–H groups in total. The van der Waals surface area contributed by atoms with E-state index in [1.807, 2.05) is 0 Å². The zero-order valence-corrected chi connectivity index (χ0v) is 15.5. The van der Waals surface area contributed by atoms with Crippen molar-refractivity contribution < 1.29 is 22.5 Å². The first-order valence-corrected chi connectivity index (χ1v) is 9.65. The van der Waals surface area contributed by atoms with Crippen molar-refractivity contribution >= 4 is 27.3 Å². The molecule has 0 atom stereocenters. The van der Waals surface area contributed by atoms with E-state index in [4.69, 9.17) is 0 Å². The fraction of sp³-hybridized carbons (Fsp3) is 0.235. The fourth-order valence-electron chi connectivity index (χ4n) is 2.29. The summed E-state index contributed by atoms with van der Waals surface area (Å²) in [6, 6.07) is 9.25. The second-order valence-electron chi connectivity index (χ2n) is 5.96. The van der Waals surface area contributed by atoms with Crippen molar-refractivity contribution in [3.05, 3.63) is 69.5 Å². The van der Waals surface area contributed by atoms with Gasteiger partial charge in [-0.15, -0.1) is 0 Å². The third-order valence-corrected chi connectivity index (χ3v) is 4.96. The molecule has 8 nitrogen and oxygen atoms in total. The number of sulfonamides is 1. The molecule has 1 amide bonds. The maximum absolute atomic E-state index is 13.0. The lowest BCUT2D eigenvalue weighted by atomic mass is 10.2. The van der Waals surface area contributed by atoms with Gasteiger partial charge in [-0.05, 0) is 30.2 Å². The number of aryl methyl sites for hydroxylation is 1. The fourth-order valence-corrected chi connectivity index (χ4v) is 3.03. The van der Waals surface area contributed by atoms with Crippen LogP contribution in [0, 0.1) is 22.9 Å². The SMILES string of the molecule is Cc1ccc([N+](=O)[O-])cc1NC(=O)CN(Cc1ccc(F)cc1)S(C)(=O)=O. The van der Waals surface area contributed by atoms with Gasteiger partial charge in [-0.2, -0.15) is 4.31 Å². The van der Waals surface area contributed by atoms with Crippen molar-refractivity contribution in [2.75, 3.05) is 18.1 Å². The second-order valence-corrected chi connectivity index (χ2v) is 7.94. The lowest BCUT2D eigenvalue weighted by Crippen LogP contribution is -2.37. The van der Waals surface area contributed by atoms with Crippen LogP contribution >= 0.6 is 0 Å². The van der Waals surface area contributed by atoms with Crippen LogP contribution < -0.4 is 5.32 Å². The highest BCUT2D eigenvalue weighted by Crippen LogP contribution is 2.22. The van der Waals surface area contributed by atoms with Gasteiger partial charge in [0.15, 0.2) is 0 Å². The number of hydrogen-bond donors (Lipinski definition) is 1. The van der Waals surface area contributed by atoms with Crippen molar-refractivity contribution in [1.29, 1.82) is 0 Å². The van der Waals surface area contributed by atoms with Gasteiger partial charge in [-0.25, -0.2) is 12.8 Å². The molecule has 0 aliphatic carbocycles. The molecule has 0 spiro atoms. The summed E-state index contributed by atoms with van der Waals surface area (Å²) in [5, 5.41) is 13.4. The topological polar surface area (TPSA) is 110 Å². The molecule has 0 aromatic heterocycles. The normalized spacial score (nSPS) is 11.4. The third-order valence-electron chi connectivity index (χ3n) is 3.77. The number of rotatable bonds is 7. The monoisotopic (exact) mass is 395 g/mol. The van der Waals surface area contributed by atoms with E-state index < -0.39 is 33.2 Å². The number of benzene rings is 2. The molecule has 0 bridgehead atoms. The van der Waals surface area contributed by atoms with Gasteiger partial charge in [-0.3, -0.25) is 14.9 Å². The molecule has 0 radical (unpaired) electrons. The van der Waals surface area contributed by atoms with Crippen LogP contribution in [-0.4, -0.2) is 36.4 Å². The summed E-state index contributed by atoms with van der Waals surface area (Å²) in [6.07, 6.45) is 0.961. The summed E-state index contributed by atoms with van der Waals surface area (Å²) in [6.45, 7) is 1.06. The van der Waals surface area contributed by atoms with Crippen molar-refractivity contribution in [1.82, 2.24) is 4.31 Å². The highest BCUT2D eigenvalue weighted by Gasteiger charge is 2.21. The minimum absolute atomic E-state index is 0.111. The Bertz CT molecular complexity index is 961. The number of nitrogens with zero attached hydrogens (tertiary/aromatic N) is 2. The lowest BCUT2D eigenvalue weighted by Gasteiger charge is -2.20. The van der Waals surface area contributed by atoms with Gasteiger partial charge in [0.05, 0.1) is 23.4 Å². The zero-order chi connectivity index (χ0) is 20.2. The van der Waals surface area contributed by atoms with Crippen LogP contribution in [0.3, 0.4) is 0 Å². The average molecular weight is 395 g/mol. The maximum Gasteiger partial charge on any atom is 0.271 e. The second kappa shape index (κ2) is 8.23. The number of non-ortho nitro benzene ring substituents is 1. The first-order chi connectivity index (χ1) is 12.6. The van der Waals surface area contributed by atoms with E-state index in [1.165, 1.54) is 42.5 Å². The number of nitro benzene ring substituents is 1. The Kier molecular flexibility index (Phi) is 6.24. The van der Waals surface area contributed by atoms with Gasteiger partial charge in [-0.1, -0.05) is 18.2 Å². The third kappa shape index (κ3) is 5.83. The van der Waals surface area contributed by atoms with Crippen LogP contribution in [0.15, 0.2) is 42.5 Å². The van der Waals surface area contributed by atoms with E-state index >= 15 is 0 Å². The van der Waals surface area contributed by atoms with E-state index in [1.54, 1.807) is 6.92 Å². The van der Waals surface area contributed by atoms with E-state index in [-0.39, 0.29) is 17.9 Å². The number of halogens is 1. The molecule has 0 saturated carbocycles. The number of carbonyl (C=O) groups excluding carboxylic acids is 1. The van der Waals surface area contributed by atoms with Gasteiger partial charge < -0.3 is 5.32 Å². The predicted octanol–water partition coefficient (Wildman–Crippen LogP) is 2.44. The van der Waals surface area contributed by atoms with Crippen molar-refractivity contribution in [2.45, 2.75) is 13.5 Å². The van der Waals surface area contributed by atoms with E-state index in [9.17, 15) is 27.7 Å². The van der Waals surface area contributed by atoms with Crippen LogP contribution in [0.25, 0.3) is 0 Å². The minimum Gasteiger partial charge on any atom is -0.324 e. The highest BCUT2D eigenvalue weighted by atomic mass is 32.2. The summed E-state index contributed by atoms with van der Waals surface area (Å²) in [4.78, 5) is 22.6. The predicted molar refractivity (Wildman–Crippen MR) is 98.1 cm³/mol. The average Bonchev–Trinajstić information content (AvgIpc) is 2.57. The highest BCUT2D eigenvalue weighted by molar-refractivity contribution is 7.88. The first kappa shape index (κ1) is 20.5. The van der Waals surface area contributed by atoms with Crippen LogP contribution in [0.1, 0.15) is 11.1 Å². The van der Waals surface area contributed by atoms with Gasteiger partial charge in [0.1, 0.15) is 5.82 Å². The first-order valence-electron chi connectivity index (χ1n) is 7.80. The summed E-state index contributed by atoms with van der Waals surface area (Å²) in [7, 11) is -3.72. The lowest BCUT2D eigenvalue weighted by molar-refractivity contribution is -0.384. The molecule has 2 rings (SSSR count). The quantitative estimate of drug-likeness (QED) is 0.572. The summed E-state index contributed by atoms with van der Waals surface area (Å²) in [5.41, 5.74) is 1.14. The van der Waals surface area contributed by atoms with E-state index in [2.05, 4.69) is 5.32 Å². The molecule has 0 unspecified atom stereocenters. The number of amides is 1. The van der Waals surface area contributed by atoms with Crippen molar-refractivity contribution in [2.24, 2.45) is 0 Å². The Morgan fingerprint density at radius 2 is 1.85 bits per heavy atom. The molecule has 0 saturated heterocycles. The Labute approximate surface area is 155 Å². The molecule has 144 valence electrons. The zero-order valence-electron chi connectivity index (χ0n) is 14.7. The Hall–Kier alpha value is -2.85. The molecule has 10 heteroatoms. The minimum atomic E-state index is -3.72. The van der Waals surface area contributed by atoms with E-state index in [0.717, 1.165) is 10.6 Å². The van der Waals surface area contributed by atoms with Crippen LogP contribution in [0.4, 0.5) is 15.8 Å². The standard InChI is InChI=1S/C17H18FN3O5S/c1-12-3-8-15(21(23)24)9-16(12)19-17(22)11-20(27(2,25)26)10-13-4-6-14(18)7-5-13/h3-9H,10-11H2,1-2H3,(H,19,22). The molecular weight excluding hydrogens is 377 g/mol. The van der Waals surface area contributed by atoms with Crippen LogP contribution in [0.2, 0.25) is 0 Å². The number of carbonyl (C=O) groups is 1. The molecule has 2 aromatic rings. The summed E-state index contributed by atoms with van der Waals surface area (Å²) >= 11 is 0. The molecule has 0 heterocycles. The van der Waals surface area contributed by atoms with Gasteiger partial charge >= 0.3 is 0 Å². The van der Waals surface area contributed by atoms with Crippen LogP contribution in [0.5, 0.6) is 0 Å². The van der Waals surface area contributed by atoms with Gasteiger partial charge in [0.25, 0.3) is 5.69 Å². The van der Waals surface area contributed by atoms with Crippen molar-refractivity contribution in [3.8, 4) is 0 Å². The maximum atomic E-state index is 13.0. The number of hydrogen-bond acceptors (Lipinski definition) is 5. The molecule has 0 fully saturated rings. The summed E-state index contributed by atoms with van der Waals surface area (Å²) in [5.74, 6) is -1.10. The van der Waals surface area contributed by atoms with Gasteiger partial charge in [0.2, 0.25) is 15.9 Å². The number of nitro groups is 1. The molecule has 27 heavy (non-hydrogen) atoms. The Balaban J connectivity index is 2.16. The van der Waals surface area contributed by atoms with Gasteiger partial charge in [0, 0.05) is 18.7 Å². The number of nitrogens with one attached hydrogen (secondary N) is 1. The van der Waals surface area contributed by atoms with Crippen molar-refractivity contribution in [3.63, 3.8) is 0 Å². The molecule has 0 aliphatic rings. The largest absolute Gasteiger partial charge is 0.324 e. The molecule has 0 aliphatic heterocycles. The summed E-state index contributed by atoms with van der Waals surface area (Å²) < 4.78 is 37.9.